The molecule has 8 heteroatoms. The zero-order valence-corrected chi connectivity index (χ0v) is 17.0. The quantitative estimate of drug-likeness (QED) is 0.557. The average Bonchev–Trinajstić information content (AvgIpc) is 2.58. The number of carbonyl (C=O) groups excluding carboxylic acids is 1. The summed E-state index contributed by atoms with van der Waals surface area (Å²) in [5, 5.41) is 12.0. The number of hydrogen-bond donors (Lipinski definition) is 2. The minimum atomic E-state index is -1.26. The minimum absolute atomic E-state index is 0.154. The molecule has 1 unspecified atom stereocenters. The van der Waals surface area contributed by atoms with Gasteiger partial charge in [0, 0.05) is 30.7 Å². The van der Waals surface area contributed by atoms with Crippen LogP contribution in [0.4, 0.5) is 4.79 Å². The van der Waals surface area contributed by atoms with Gasteiger partial charge in [0.05, 0.1) is 6.54 Å². The van der Waals surface area contributed by atoms with Gasteiger partial charge in [0.1, 0.15) is 6.04 Å². The number of rotatable bonds is 11. The number of hydrogen-bond acceptors (Lipinski definition) is 4. The van der Waals surface area contributed by atoms with Gasteiger partial charge >= 0.3 is 6.09 Å². The molecule has 0 aliphatic carbocycles. The molecule has 2 N–H and O–H groups in total. The first kappa shape index (κ1) is 23.2. The Balaban J connectivity index is 3.01. The van der Waals surface area contributed by atoms with Crippen LogP contribution in [0.3, 0.4) is 0 Å². The average molecular weight is 401 g/mol. The van der Waals surface area contributed by atoms with Crippen LogP contribution >= 0.6 is 11.6 Å². The Labute approximate surface area is 165 Å². The van der Waals surface area contributed by atoms with Crippen molar-refractivity contribution in [3.8, 4) is 0 Å². The molecule has 2 amide bonds. The van der Waals surface area contributed by atoms with E-state index in [1.165, 1.54) is 0 Å². The largest absolute Gasteiger partial charge is 0.465 e. The van der Waals surface area contributed by atoms with E-state index in [1.807, 2.05) is 27.7 Å². The van der Waals surface area contributed by atoms with Crippen LogP contribution in [0.2, 0.25) is 5.02 Å². The van der Waals surface area contributed by atoms with Crippen LogP contribution in [0.1, 0.15) is 33.3 Å². The number of carboxylic acid groups (broad SMARTS) is 1. The maximum absolute atomic E-state index is 13.1. The third-order valence-corrected chi connectivity index (χ3v) is 4.12. The Hall–Kier alpha value is -1.83. The van der Waals surface area contributed by atoms with E-state index in [1.54, 1.807) is 29.2 Å². The molecule has 0 saturated carbocycles. The van der Waals surface area contributed by atoms with Crippen molar-refractivity contribution in [2.75, 3.05) is 19.8 Å². The lowest BCUT2D eigenvalue weighted by Crippen LogP contribution is -2.53. The van der Waals surface area contributed by atoms with Gasteiger partial charge in [-0.2, -0.15) is 0 Å². The lowest BCUT2D eigenvalue weighted by molar-refractivity contribution is -0.162. The second-order valence-corrected chi connectivity index (χ2v) is 6.70. The summed E-state index contributed by atoms with van der Waals surface area (Å²) >= 11 is 6.00. The normalized spacial score (nSPS) is 12.3. The molecule has 1 aromatic carbocycles. The van der Waals surface area contributed by atoms with E-state index in [-0.39, 0.29) is 24.9 Å². The molecule has 0 spiro atoms. The highest BCUT2D eigenvalue weighted by atomic mass is 35.5. The topological polar surface area (TPSA) is 88.1 Å². The highest BCUT2D eigenvalue weighted by Gasteiger charge is 2.30. The molecular weight excluding hydrogens is 372 g/mol. The number of nitrogens with one attached hydrogen (secondary N) is 1. The standard InChI is InChI=1S/C19H29ClN2O5/c1-5-26-17(27-6-2)12-22(13(3)4)18(23)16(21-19(24)25)11-14-8-7-9-15(20)10-14/h7-10,13,16-17,21H,5-6,11-12H2,1-4H3,(H,24,25). The molecule has 0 heterocycles. The van der Waals surface area contributed by atoms with Crippen molar-refractivity contribution in [3.05, 3.63) is 34.9 Å². The first-order valence-corrected chi connectivity index (χ1v) is 9.43. The molecule has 0 aromatic heterocycles. The van der Waals surface area contributed by atoms with Crippen molar-refractivity contribution < 1.29 is 24.2 Å². The number of halogens is 1. The van der Waals surface area contributed by atoms with Crippen molar-refractivity contribution in [2.24, 2.45) is 0 Å². The fourth-order valence-electron chi connectivity index (χ4n) is 2.69. The molecule has 1 atom stereocenters. The monoisotopic (exact) mass is 400 g/mol. The number of carbonyl (C=O) groups is 2. The van der Waals surface area contributed by atoms with Gasteiger partial charge < -0.3 is 24.8 Å². The van der Waals surface area contributed by atoms with E-state index in [9.17, 15) is 14.7 Å². The van der Waals surface area contributed by atoms with Crippen molar-refractivity contribution in [1.82, 2.24) is 10.2 Å². The van der Waals surface area contributed by atoms with Crippen LogP contribution in [0.5, 0.6) is 0 Å². The molecule has 27 heavy (non-hydrogen) atoms. The summed E-state index contributed by atoms with van der Waals surface area (Å²) in [7, 11) is 0. The second kappa shape index (κ2) is 11.8. The van der Waals surface area contributed by atoms with E-state index >= 15 is 0 Å². The van der Waals surface area contributed by atoms with E-state index in [0.717, 1.165) is 5.56 Å². The highest BCUT2D eigenvalue weighted by Crippen LogP contribution is 2.15. The van der Waals surface area contributed by atoms with Crippen molar-refractivity contribution in [2.45, 2.75) is 52.5 Å². The van der Waals surface area contributed by atoms with Crippen molar-refractivity contribution in [1.29, 1.82) is 0 Å². The van der Waals surface area contributed by atoms with Gasteiger partial charge in [0.2, 0.25) is 5.91 Å². The highest BCUT2D eigenvalue weighted by molar-refractivity contribution is 6.30. The summed E-state index contributed by atoms with van der Waals surface area (Å²) in [6.07, 6.45) is -1.63. The van der Waals surface area contributed by atoms with Crippen LogP contribution in [0.15, 0.2) is 24.3 Å². The first-order valence-electron chi connectivity index (χ1n) is 9.06. The van der Waals surface area contributed by atoms with Crippen molar-refractivity contribution >= 4 is 23.6 Å². The second-order valence-electron chi connectivity index (χ2n) is 6.26. The molecule has 0 radical (unpaired) electrons. The molecule has 0 fully saturated rings. The fraction of sp³-hybridized carbons (Fsp3) is 0.579. The van der Waals surface area contributed by atoms with E-state index in [0.29, 0.717) is 18.2 Å². The van der Waals surface area contributed by atoms with E-state index < -0.39 is 18.4 Å². The number of nitrogens with zero attached hydrogens (tertiary/aromatic N) is 1. The van der Waals surface area contributed by atoms with Gasteiger partial charge in [-0.25, -0.2) is 4.79 Å². The fourth-order valence-corrected chi connectivity index (χ4v) is 2.90. The summed E-state index contributed by atoms with van der Waals surface area (Å²) in [4.78, 5) is 25.9. The number of benzene rings is 1. The molecular formula is C19H29ClN2O5. The van der Waals surface area contributed by atoms with Crippen LogP contribution < -0.4 is 5.32 Å². The predicted molar refractivity (Wildman–Crippen MR) is 104 cm³/mol. The lowest BCUT2D eigenvalue weighted by Gasteiger charge is -2.33. The van der Waals surface area contributed by atoms with E-state index in [2.05, 4.69) is 5.32 Å². The Kier molecular flexibility index (Phi) is 10.1. The third-order valence-electron chi connectivity index (χ3n) is 3.88. The molecule has 1 rings (SSSR count). The lowest BCUT2D eigenvalue weighted by atomic mass is 10.0. The van der Waals surface area contributed by atoms with Gasteiger partial charge in [-0.3, -0.25) is 4.79 Å². The Bertz CT molecular complexity index is 606. The molecule has 0 saturated heterocycles. The molecule has 152 valence electrons. The summed E-state index contributed by atoms with van der Waals surface area (Å²) in [5.74, 6) is -0.336. The van der Waals surface area contributed by atoms with Gasteiger partial charge in [-0.1, -0.05) is 23.7 Å². The van der Waals surface area contributed by atoms with Crippen LogP contribution in [-0.2, 0) is 20.7 Å². The molecule has 7 nitrogen and oxygen atoms in total. The van der Waals surface area contributed by atoms with Gasteiger partial charge in [0.25, 0.3) is 0 Å². The van der Waals surface area contributed by atoms with Crippen LogP contribution in [-0.4, -0.2) is 60.1 Å². The maximum Gasteiger partial charge on any atom is 0.405 e. The Morgan fingerprint density at radius 1 is 1.22 bits per heavy atom. The van der Waals surface area contributed by atoms with Crippen LogP contribution in [0, 0.1) is 0 Å². The Morgan fingerprint density at radius 2 is 1.85 bits per heavy atom. The zero-order valence-electron chi connectivity index (χ0n) is 16.3. The molecule has 1 aromatic rings. The van der Waals surface area contributed by atoms with Gasteiger partial charge in [0.15, 0.2) is 6.29 Å². The van der Waals surface area contributed by atoms with Crippen LogP contribution in [0.25, 0.3) is 0 Å². The van der Waals surface area contributed by atoms with Gasteiger partial charge in [-0.05, 0) is 45.4 Å². The summed E-state index contributed by atoms with van der Waals surface area (Å²) in [6, 6.07) is 5.92. The third kappa shape index (κ3) is 8.15. The maximum atomic E-state index is 13.1. The smallest absolute Gasteiger partial charge is 0.405 e. The first-order chi connectivity index (χ1) is 12.8. The SMILES string of the molecule is CCOC(CN(C(=O)C(Cc1cccc(Cl)c1)NC(=O)O)C(C)C)OCC. The number of amides is 2. The van der Waals surface area contributed by atoms with Gasteiger partial charge in [-0.15, -0.1) is 0 Å². The predicted octanol–water partition coefficient (Wildman–Crippen LogP) is 3.15. The zero-order chi connectivity index (χ0) is 20.4. The molecule has 0 bridgehead atoms. The minimum Gasteiger partial charge on any atom is -0.465 e. The van der Waals surface area contributed by atoms with Crippen molar-refractivity contribution in [3.63, 3.8) is 0 Å². The summed E-state index contributed by atoms with van der Waals surface area (Å²) < 4.78 is 11.1. The molecule has 0 aliphatic heterocycles. The summed E-state index contributed by atoms with van der Waals surface area (Å²) in [6.45, 7) is 8.54. The summed E-state index contributed by atoms with van der Waals surface area (Å²) in [5.41, 5.74) is 0.768. The number of ether oxygens (including phenoxy) is 2. The Morgan fingerprint density at radius 3 is 2.33 bits per heavy atom. The molecule has 0 aliphatic rings. The van der Waals surface area contributed by atoms with E-state index in [4.69, 9.17) is 21.1 Å².